The second-order valence-corrected chi connectivity index (χ2v) is 7.05. The molecule has 6 heteroatoms. The molecule has 1 aromatic heterocycles. The monoisotopic (exact) mass is 383 g/mol. The van der Waals surface area contributed by atoms with Crippen molar-refractivity contribution in [1.82, 2.24) is 5.16 Å². The van der Waals surface area contributed by atoms with Gasteiger partial charge in [0.15, 0.2) is 0 Å². The molecule has 0 fully saturated rings. The molecule has 0 saturated heterocycles. The fourth-order valence-electron chi connectivity index (χ4n) is 3.44. The zero-order chi connectivity index (χ0) is 18.8. The van der Waals surface area contributed by atoms with Crippen molar-refractivity contribution in [3.8, 4) is 17.0 Å². The zero-order valence-corrected chi connectivity index (χ0v) is 15.2. The Balaban J connectivity index is 1.76. The number of carbonyl (C=O) groups is 1. The Morgan fingerprint density at radius 1 is 1.11 bits per heavy atom. The Bertz CT molecular complexity index is 937. The first kappa shape index (κ1) is 17.6. The second-order valence-electron chi connectivity index (χ2n) is 6.61. The predicted octanol–water partition coefficient (Wildman–Crippen LogP) is 5.15. The molecular formula is C21H18ClNO4. The summed E-state index contributed by atoms with van der Waals surface area (Å²) in [6.45, 7) is 0. The van der Waals surface area contributed by atoms with Gasteiger partial charge in [0.25, 0.3) is 0 Å². The molecule has 2 aromatic carbocycles. The summed E-state index contributed by atoms with van der Waals surface area (Å²) in [5, 5.41) is 14.4. The van der Waals surface area contributed by atoms with E-state index in [1.165, 1.54) is 0 Å². The molecule has 0 spiro atoms. The van der Waals surface area contributed by atoms with E-state index in [9.17, 15) is 9.90 Å². The molecule has 0 aliphatic heterocycles. The Hall–Kier alpha value is -2.79. The van der Waals surface area contributed by atoms with Crippen molar-refractivity contribution < 1.29 is 19.2 Å². The molecular weight excluding hydrogens is 366 g/mol. The summed E-state index contributed by atoms with van der Waals surface area (Å²) in [6.07, 6.45) is 1.06. The lowest BCUT2D eigenvalue weighted by Gasteiger charge is -2.18. The van der Waals surface area contributed by atoms with Gasteiger partial charge in [0.1, 0.15) is 23.3 Å². The standard InChI is InChI=1S/C21H18ClNO4/c22-15-9-6-13(7-10-15)20-19-17(26-16-4-2-1-3-5-16)11-8-14(21(24)25)12-18(19)27-23-20/h1-7,9-10,14,17H,8,11-12H2,(H,24,25). The molecule has 1 aliphatic rings. The predicted molar refractivity (Wildman–Crippen MR) is 101 cm³/mol. The summed E-state index contributed by atoms with van der Waals surface area (Å²) in [5.74, 6) is -0.0406. The first-order valence-electron chi connectivity index (χ1n) is 8.80. The van der Waals surface area contributed by atoms with E-state index in [4.69, 9.17) is 20.9 Å². The summed E-state index contributed by atoms with van der Waals surface area (Å²) >= 11 is 6.00. The van der Waals surface area contributed by atoms with E-state index in [0.29, 0.717) is 35.7 Å². The normalized spacial score (nSPS) is 19.1. The third-order valence-electron chi connectivity index (χ3n) is 4.82. The van der Waals surface area contributed by atoms with Crippen molar-refractivity contribution in [2.24, 2.45) is 5.92 Å². The van der Waals surface area contributed by atoms with E-state index in [1.54, 1.807) is 12.1 Å². The van der Waals surface area contributed by atoms with Crippen LogP contribution in [0.1, 0.15) is 30.3 Å². The van der Waals surface area contributed by atoms with Gasteiger partial charge in [0, 0.05) is 17.0 Å². The molecule has 0 saturated carbocycles. The lowest BCUT2D eigenvalue weighted by atomic mass is 10.00. The number of halogens is 1. The molecule has 2 atom stereocenters. The van der Waals surface area contributed by atoms with Gasteiger partial charge in [0.05, 0.1) is 11.5 Å². The second kappa shape index (κ2) is 7.45. The molecule has 1 N–H and O–H groups in total. The minimum Gasteiger partial charge on any atom is -0.486 e. The highest BCUT2D eigenvalue weighted by atomic mass is 35.5. The van der Waals surface area contributed by atoms with Crippen LogP contribution in [-0.4, -0.2) is 16.2 Å². The fourth-order valence-corrected chi connectivity index (χ4v) is 3.57. The van der Waals surface area contributed by atoms with Crippen LogP contribution in [0.15, 0.2) is 59.1 Å². The van der Waals surface area contributed by atoms with Crippen LogP contribution in [0.3, 0.4) is 0 Å². The Labute approximate surface area is 161 Å². The highest BCUT2D eigenvalue weighted by molar-refractivity contribution is 6.30. The van der Waals surface area contributed by atoms with Gasteiger partial charge in [-0.3, -0.25) is 4.79 Å². The van der Waals surface area contributed by atoms with Gasteiger partial charge in [-0.2, -0.15) is 0 Å². The smallest absolute Gasteiger partial charge is 0.306 e. The number of hydrogen-bond acceptors (Lipinski definition) is 4. The first-order valence-corrected chi connectivity index (χ1v) is 9.18. The van der Waals surface area contributed by atoms with Crippen LogP contribution in [0.2, 0.25) is 5.02 Å². The molecule has 27 heavy (non-hydrogen) atoms. The molecule has 0 radical (unpaired) electrons. The first-order chi connectivity index (χ1) is 13.1. The van der Waals surface area contributed by atoms with Crippen molar-refractivity contribution in [3.63, 3.8) is 0 Å². The van der Waals surface area contributed by atoms with Crippen LogP contribution in [0.4, 0.5) is 0 Å². The highest BCUT2D eigenvalue weighted by Crippen LogP contribution is 2.40. The van der Waals surface area contributed by atoms with Gasteiger partial charge < -0.3 is 14.4 Å². The average molecular weight is 384 g/mol. The van der Waals surface area contributed by atoms with E-state index in [2.05, 4.69) is 5.16 Å². The molecule has 3 aromatic rings. The maximum Gasteiger partial charge on any atom is 0.306 e. The van der Waals surface area contributed by atoms with Crippen LogP contribution >= 0.6 is 11.6 Å². The van der Waals surface area contributed by atoms with Crippen LogP contribution in [0.5, 0.6) is 5.75 Å². The van der Waals surface area contributed by atoms with Gasteiger partial charge in [-0.05, 0) is 37.1 Å². The van der Waals surface area contributed by atoms with Crippen molar-refractivity contribution in [3.05, 3.63) is 70.9 Å². The molecule has 2 unspecified atom stereocenters. The molecule has 1 heterocycles. The Morgan fingerprint density at radius 2 is 1.85 bits per heavy atom. The summed E-state index contributed by atoms with van der Waals surface area (Å²) in [4.78, 5) is 11.6. The zero-order valence-electron chi connectivity index (χ0n) is 14.5. The molecule has 4 rings (SSSR count). The minimum absolute atomic E-state index is 0.305. The van der Waals surface area contributed by atoms with Crippen molar-refractivity contribution in [2.75, 3.05) is 0 Å². The molecule has 0 amide bonds. The third-order valence-corrected chi connectivity index (χ3v) is 5.07. The maximum atomic E-state index is 11.6. The lowest BCUT2D eigenvalue weighted by Crippen LogP contribution is -2.15. The number of benzene rings is 2. The van der Waals surface area contributed by atoms with Crippen LogP contribution in [0.25, 0.3) is 11.3 Å². The lowest BCUT2D eigenvalue weighted by molar-refractivity contribution is -0.142. The van der Waals surface area contributed by atoms with Crippen LogP contribution < -0.4 is 4.74 Å². The summed E-state index contributed by atoms with van der Waals surface area (Å²) < 4.78 is 11.8. The van der Waals surface area contributed by atoms with E-state index < -0.39 is 11.9 Å². The molecule has 1 aliphatic carbocycles. The minimum atomic E-state index is -0.828. The number of aliphatic carboxylic acids is 1. The Morgan fingerprint density at radius 3 is 2.56 bits per heavy atom. The topological polar surface area (TPSA) is 72.6 Å². The van der Waals surface area contributed by atoms with Gasteiger partial charge in [-0.1, -0.05) is 47.1 Å². The SMILES string of the molecule is O=C(O)C1CCC(Oc2ccccc2)c2c(-c3ccc(Cl)cc3)noc2C1. The number of ether oxygens (including phenoxy) is 1. The van der Waals surface area contributed by atoms with Gasteiger partial charge >= 0.3 is 5.97 Å². The fraction of sp³-hybridized carbons (Fsp3) is 0.238. The van der Waals surface area contributed by atoms with Crippen molar-refractivity contribution in [1.29, 1.82) is 0 Å². The molecule has 138 valence electrons. The number of fused-ring (bicyclic) bond motifs is 1. The summed E-state index contributed by atoms with van der Waals surface area (Å²) in [7, 11) is 0. The van der Waals surface area contributed by atoms with E-state index in [0.717, 1.165) is 16.9 Å². The number of carboxylic acids is 1. The maximum absolute atomic E-state index is 11.6. The van der Waals surface area contributed by atoms with Crippen LogP contribution in [0, 0.1) is 5.92 Å². The quantitative estimate of drug-likeness (QED) is 0.630. The summed E-state index contributed by atoms with van der Waals surface area (Å²) in [5.41, 5.74) is 2.36. The Kier molecular flexibility index (Phi) is 4.86. The van der Waals surface area contributed by atoms with E-state index in [1.807, 2.05) is 42.5 Å². The molecule has 5 nitrogen and oxygen atoms in total. The van der Waals surface area contributed by atoms with Gasteiger partial charge in [0.2, 0.25) is 0 Å². The number of carboxylic acid groups (broad SMARTS) is 1. The molecule has 0 bridgehead atoms. The number of nitrogens with zero attached hydrogens (tertiary/aromatic N) is 1. The number of rotatable bonds is 4. The van der Waals surface area contributed by atoms with E-state index >= 15 is 0 Å². The van der Waals surface area contributed by atoms with Crippen LogP contribution in [-0.2, 0) is 11.2 Å². The number of hydrogen-bond donors (Lipinski definition) is 1. The summed E-state index contributed by atoms with van der Waals surface area (Å²) in [6, 6.07) is 16.8. The van der Waals surface area contributed by atoms with Crippen molar-refractivity contribution in [2.45, 2.75) is 25.4 Å². The largest absolute Gasteiger partial charge is 0.486 e. The highest BCUT2D eigenvalue weighted by Gasteiger charge is 2.34. The number of aromatic nitrogens is 1. The average Bonchev–Trinajstić information content (AvgIpc) is 3.00. The van der Waals surface area contributed by atoms with Gasteiger partial charge in [-0.15, -0.1) is 0 Å². The third kappa shape index (κ3) is 3.69. The van der Waals surface area contributed by atoms with Gasteiger partial charge in [-0.25, -0.2) is 0 Å². The van der Waals surface area contributed by atoms with Crippen molar-refractivity contribution >= 4 is 17.6 Å². The number of para-hydroxylation sites is 1. The van der Waals surface area contributed by atoms with E-state index in [-0.39, 0.29) is 6.10 Å².